The summed E-state index contributed by atoms with van der Waals surface area (Å²) in [5, 5.41) is 7.31. The highest BCUT2D eigenvalue weighted by molar-refractivity contribution is 7.08. The predicted octanol–water partition coefficient (Wildman–Crippen LogP) is 2.91. The fourth-order valence-corrected chi connectivity index (χ4v) is 3.79. The number of thiophene rings is 1. The van der Waals surface area contributed by atoms with Gasteiger partial charge in [0.1, 0.15) is 0 Å². The van der Waals surface area contributed by atoms with Crippen LogP contribution in [0.1, 0.15) is 43.6 Å². The molecule has 3 rings (SSSR count). The molecule has 1 aliphatic carbocycles. The molecule has 0 aromatic carbocycles. The standard InChI is InChI=1S/C13H17NOS/c15-13-11(10-6-7-16-8-10)12(14-13)9-4-2-1-3-5-9/h6-9,11-12H,1-5H2,(H,14,15). The summed E-state index contributed by atoms with van der Waals surface area (Å²) in [5.41, 5.74) is 1.23. The molecule has 0 bridgehead atoms. The van der Waals surface area contributed by atoms with E-state index < -0.39 is 0 Å². The van der Waals surface area contributed by atoms with E-state index in [2.05, 4.69) is 22.1 Å². The summed E-state index contributed by atoms with van der Waals surface area (Å²) in [6.45, 7) is 0. The molecule has 1 amide bonds. The van der Waals surface area contributed by atoms with Gasteiger partial charge in [-0.05, 0) is 41.1 Å². The summed E-state index contributed by atoms with van der Waals surface area (Å²) in [6.07, 6.45) is 6.65. The van der Waals surface area contributed by atoms with Gasteiger partial charge < -0.3 is 5.32 Å². The lowest BCUT2D eigenvalue weighted by atomic mass is 9.72. The first kappa shape index (κ1) is 10.3. The van der Waals surface area contributed by atoms with E-state index in [0.717, 1.165) is 5.92 Å². The summed E-state index contributed by atoms with van der Waals surface area (Å²) in [5.74, 6) is 1.10. The first-order valence-electron chi connectivity index (χ1n) is 6.19. The van der Waals surface area contributed by atoms with Crippen LogP contribution < -0.4 is 5.32 Å². The smallest absolute Gasteiger partial charge is 0.229 e. The number of rotatable bonds is 2. The van der Waals surface area contributed by atoms with Crippen LogP contribution in [0.25, 0.3) is 0 Å². The molecule has 1 aliphatic heterocycles. The molecule has 1 aromatic heterocycles. The van der Waals surface area contributed by atoms with Crippen LogP contribution in [0.3, 0.4) is 0 Å². The van der Waals surface area contributed by atoms with Gasteiger partial charge in [-0.15, -0.1) is 0 Å². The number of carbonyl (C=O) groups is 1. The highest BCUT2D eigenvalue weighted by atomic mass is 32.1. The third-order valence-electron chi connectivity index (χ3n) is 4.01. The van der Waals surface area contributed by atoms with Gasteiger partial charge in [0, 0.05) is 6.04 Å². The number of hydrogen-bond donors (Lipinski definition) is 1. The summed E-state index contributed by atoms with van der Waals surface area (Å²) >= 11 is 1.69. The number of β-lactam (4-membered cyclic amide) rings is 1. The van der Waals surface area contributed by atoms with E-state index in [4.69, 9.17) is 0 Å². The SMILES string of the molecule is O=C1NC(C2CCCCC2)C1c1ccsc1. The third-order valence-corrected chi connectivity index (χ3v) is 4.71. The maximum atomic E-state index is 11.7. The summed E-state index contributed by atoms with van der Waals surface area (Å²) in [7, 11) is 0. The molecule has 86 valence electrons. The number of nitrogens with one attached hydrogen (secondary N) is 1. The zero-order valence-electron chi connectivity index (χ0n) is 9.32. The first-order valence-corrected chi connectivity index (χ1v) is 7.13. The van der Waals surface area contributed by atoms with Crippen LogP contribution in [0.15, 0.2) is 16.8 Å². The monoisotopic (exact) mass is 235 g/mol. The van der Waals surface area contributed by atoms with Gasteiger partial charge in [0.15, 0.2) is 0 Å². The Labute approximate surface area is 100 Å². The average Bonchev–Trinajstić information content (AvgIpc) is 2.80. The maximum absolute atomic E-state index is 11.7. The molecule has 1 aromatic rings. The first-order chi connectivity index (χ1) is 7.86. The predicted molar refractivity (Wildman–Crippen MR) is 65.6 cm³/mol. The second kappa shape index (κ2) is 4.21. The minimum atomic E-state index is 0.148. The zero-order valence-corrected chi connectivity index (χ0v) is 10.1. The van der Waals surface area contributed by atoms with Gasteiger partial charge in [-0.3, -0.25) is 4.79 Å². The van der Waals surface area contributed by atoms with Crippen molar-refractivity contribution in [3.63, 3.8) is 0 Å². The van der Waals surface area contributed by atoms with Gasteiger partial charge in [-0.1, -0.05) is 19.3 Å². The molecule has 1 saturated heterocycles. The molecular formula is C13H17NOS. The fraction of sp³-hybridized carbons (Fsp3) is 0.615. The van der Waals surface area contributed by atoms with Crippen LogP contribution in [-0.2, 0) is 4.79 Å². The summed E-state index contributed by atoms with van der Waals surface area (Å²) < 4.78 is 0. The van der Waals surface area contributed by atoms with E-state index in [1.807, 2.05) is 0 Å². The van der Waals surface area contributed by atoms with Crippen molar-refractivity contribution in [3.8, 4) is 0 Å². The third kappa shape index (κ3) is 1.67. The lowest BCUT2D eigenvalue weighted by Crippen LogP contribution is -2.59. The van der Waals surface area contributed by atoms with Gasteiger partial charge in [-0.25, -0.2) is 0 Å². The number of carbonyl (C=O) groups excluding carboxylic acids is 1. The van der Waals surface area contributed by atoms with Crippen LogP contribution in [0.2, 0.25) is 0 Å². The van der Waals surface area contributed by atoms with Crippen LogP contribution in [0, 0.1) is 5.92 Å². The van der Waals surface area contributed by atoms with Crippen molar-refractivity contribution in [3.05, 3.63) is 22.4 Å². The molecule has 1 N–H and O–H groups in total. The molecule has 2 nitrogen and oxygen atoms in total. The van der Waals surface area contributed by atoms with E-state index in [-0.39, 0.29) is 11.8 Å². The van der Waals surface area contributed by atoms with Gasteiger partial charge >= 0.3 is 0 Å². The van der Waals surface area contributed by atoms with Crippen molar-refractivity contribution in [2.45, 2.75) is 44.1 Å². The van der Waals surface area contributed by atoms with Crippen LogP contribution in [0.4, 0.5) is 0 Å². The number of hydrogen-bond acceptors (Lipinski definition) is 2. The Bertz CT molecular complexity index is 367. The minimum absolute atomic E-state index is 0.148. The summed E-state index contributed by atoms with van der Waals surface area (Å²) in [4.78, 5) is 11.7. The normalized spacial score (nSPS) is 30.9. The van der Waals surface area contributed by atoms with Crippen LogP contribution in [-0.4, -0.2) is 11.9 Å². The fourth-order valence-electron chi connectivity index (χ4n) is 3.10. The van der Waals surface area contributed by atoms with Crippen LogP contribution >= 0.6 is 11.3 Å². The zero-order chi connectivity index (χ0) is 11.0. The van der Waals surface area contributed by atoms with Gasteiger partial charge in [0.05, 0.1) is 5.92 Å². The molecular weight excluding hydrogens is 218 g/mol. The number of amides is 1. The van der Waals surface area contributed by atoms with E-state index in [9.17, 15) is 4.79 Å². The van der Waals surface area contributed by atoms with E-state index in [1.165, 1.54) is 37.7 Å². The van der Waals surface area contributed by atoms with Crippen molar-refractivity contribution in [2.75, 3.05) is 0 Å². The maximum Gasteiger partial charge on any atom is 0.229 e. The molecule has 0 spiro atoms. The van der Waals surface area contributed by atoms with E-state index >= 15 is 0 Å². The molecule has 16 heavy (non-hydrogen) atoms. The highest BCUT2D eigenvalue weighted by Crippen LogP contribution is 2.38. The lowest BCUT2D eigenvalue weighted by Gasteiger charge is -2.43. The Balaban J connectivity index is 1.74. The van der Waals surface area contributed by atoms with Gasteiger partial charge in [0.25, 0.3) is 0 Å². The van der Waals surface area contributed by atoms with Crippen molar-refractivity contribution in [2.24, 2.45) is 5.92 Å². The van der Waals surface area contributed by atoms with E-state index in [0.29, 0.717) is 6.04 Å². The topological polar surface area (TPSA) is 29.1 Å². The van der Waals surface area contributed by atoms with E-state index in [1.54, 1.807) is 11.3 Å². The molecule has 1 saturated carbocycles. The molecule has 2 aliphatic rings. The quantitative estimate of drug-likeness (QED) is 0.785. The molecule has 3 heteroatoms. The molecule has 2 unspecified atom stereocenters. The average molecular weight is 235 g/mol. The second-order valence-electron chi connectivity index (χ2n) is 4.97. The van der Waals surface area contributed by atoms with Crippen molar-refractivity contribution < 1.29 is 4.79 Å². The molecule has 2 fully saturated rings. The Morgan fingerprint density at radius 3 is 2.69 bits per heavy atom. The van der Waals surface area contributed by atoms with Gasteiger partial charge in [-0.2, -0.15) is 11.3 Å². The lowest BCUT2D eigenvalue weighted by molar-refractivity contribution is -0.132. The van der Waals surface area contributed by atoms with Crippen molar-refractivity contribution in [1.82, 2.24) is 5.32 Å². The largest absolute Gasteiger partial charge is 0.351 e. The Kier molecular flexibility index (Phi) is 2.72. The van der Waals surface area contributed by atoms with Crippen LogP contribution in [0.5, 0.6) is 0 Å². The van der Waals surface area contributed by atoms with Crippen molar-refractivity contribution in [1.29, 1.82) is 0 Å². The molecule has 2 heterocycles. The minimum Gasteiger partial charge on any atom is -0.351 e. The Hall–Kier alpha value is -0.830. The molecule has 0 radical (unpaired) electrons. The molecule has 2 atom stereocenters. The Morgan fingerprint density at radius 2 is 2.06 bits per heavy atom. The van der Waals surface area contributed by atoms with Crippen molar-refractivity contribution >= 4 is 17.2 Å². The Morgan fingerprint density at radius 1 is 1.25 bits per heavy atom. The van der Waals surface area contributed by atoms with Gasteiger partial charge in [0.2, 0.25) is 5.91 Å². The highest BCUT2D eigenvalue weighted by Gasteiger charge is 2.44. The second-order valence-corrected chi connectivity index (χ2v) is 5.75. The summed E-state index contributed by atoms with van der Waals surface area (Å²) in [6, 6.07) is 2.52.